The number of benzene rings is 1. The molecule has 3 aliphatic rings. The van der Waals surface area contributed by atoms with E-state index in [0.29, 0.717) is 25.7 Å². The van der Waals surface area contributed by atoms with Crippen molar-refractivity contribution in [2.24, 2.45) is 17.8 Å². The average Bonchev–Trinajstić information content (AvgIpc) is 3.53. The van der Waals surface area contributed by atoms with Gasteiger partial charge in [-0.2, -0.15) is 0 Å². The van der Waals surface area contributed by atoms with Crippen molar-refractivity contribution < 1.29 is 29.0 Å². The number of amides is 2. The predicted molar refractivity (Wildman–Crippen MR) is 149 cm³/mol. The van der Waals surface area contributed by atoms with Gasteiger partial charge in [-0.3, -0.25) is 14.4 Å². The number of esters is 1. The first-order chi connectivity index (χ1) is 18.6. The number of hydrogen-bond acceptors (Lipinski definition) is 6. The molecule has 0 saturated carbocycles. The number of rotatable bonds is 11. The van der Waals surface area contributed by atoms with Gasteiger partial charge in [-0.25, -0.2) is 0 Å². The van der Waals surface area contributed by atoms with Gasteiger partial charge < -0.3 is 24.4 Å². The highest BCUT2D eigenvalue weighted by atomic mass is 16.6. The molecule has 1 N–H and O–H groups in total. The summed E-state index contributed by atoms with van der Waals surface area (Å²) in [4.78, 5) is 45.9. The molecule has 39 heavy (non-hydrogen) atoms. The second kappa shape index (κ2) is 11.0. The van der Waals surface area contributed by atoms with E-state index >= 15 is 0 Å². The molecule has 2 amide bonds. The molecule has 2 bridgehead atoms. The summed E-state index contributed by atoms with van der Waals surface area (Å²) in [6, 6.07) is 4.35. The van der Waals surface area contributed by atoms with Crippen LogP contribution >= 0.6 is 0 Å². The topological polar surface area (TPSA) is 96.4 Å². The fourth-order valence-electron chi connectivity index (χ4n) is 7.29. The summed E-state index contributed by atoms with van der Waals surface area (Å²) in [5, 5.41) is 10.6. The normalized spacial score (nSPS) is 30.7. The van der Waals surface area contributed by atoms with E-state index in [2.05, 4.69) is 6.58 Å². The maximum absolute atomic E-state index is 14.8. The molecular formula is C31H44N2O6. The molecule has 8 heteroatoms. The van der Waals surface area contributed by atoms with Crippen molar-refractivity contribution in [2.75, 3.05) is 24.7 Å². The Labute approximate surface area is 232 Å². The van der Waals surface area contributed by atoms with Crippen LogP contribution in [-0.4, -0.2) is 70.8 Å². The number of hydrogen-bond donors (Lipinski definition) is 1. The van der Waals surface area contributed by atoms with E-state index in [1.54, 1.807) is 22.8 Å². The molecule has 3 heterocycles. The molecule has 2 unspecified atom stereocenters. The molecule has 0 aromatic heterocycles. The van der Waals surface area contributed by atoms with Crippen LogP contribution in [0.5, 0.6) is 0 Å². The molecule has 8 nitrogen and oxygen atoms in total. The zero-order valence-electron chi connectivity index (χ0n) is 24.2. The quantitative estimate of drug-likeness (QED) is 0.337. The van der Waals surface area contributed by atoms with Crippen LogP contribution in [0.1, 0.15) is 64.5 Å². The maximum atomic E-state index is 14.8. The van der Waals surface area contributed by atoms with Gasteiger partial charge in [-0.15, -0.1) is 6.58 Å². The Balaban J connectivity index is 1.91. The van der Waals surface area contributed by atoms with E-state index in [0.717, 1.165) is 16.8 Å². The van der Waals surface area contributed by atoms with Crippen LogP contribution in [0.15, 0.2) is 30.9 Å². The number of carbonyl (C=O) groups excluding carboxylic acids is 3. The Morgan fingerprint density at radius 3 is 2.59 bits per heavy atom. The third-order valence-corrected chi connectivity index (χ3v) is 9.47. The highest BCUT2D eigenvalue weighted by Gasteiger charge is 2.79. The van der Waals surface area contributed by atoms with Gasteiger partial charge in [0, 0.05) is 12.2 Å². The minimum absolute atomic E-state index is 0.0728. The van der Waals surface area contributed by atoms with Crippen LogP contribution in [0.3, 0.4) is 0 Å². The van der Waals surface area contributed by atoms with E-state index < -0.39 is 41.1 Å². The van der Waals surface area contributed by atoms with E-state index in [4.69, 9.17) is 9.47 Å². The first-order valence-corrected chi connectivity index (χ1v) is 14.4. The summed E-state index contributed by atoms with van der Waals surface area (Å²) in [5.74, 6) is -2.75. The smallest absolute Gasteiger partial charge is 0.312 e. The molecule has 1 aromatic rings. The molecule has 1 spiro atoms. The fraction of sp³-hybridized carbons (Fsp3) is 0.645. The zero-order chi connectivity index (χ0) is 28.7. The van der Waals surface area contributed by atoms with Crippen molar-refractivity contribution in [2.45, 2.75) is 90.5 Å². The summed E-state index contributed by atoms with van der Waals surface area (Å²) in [6.45, 7) is 15.7. The summed E-state index contributed by atoms with van der Waals surface area (Å²) in [7, 11) is 0. The van der Waals surface area contributed by atoms with Crippen molar-refractivity contribution in [3.05, 3.63) is 42.0 Å². The molecule has 0 radical (unpaired) electrons. The number of likely N-dealkylation sites (tertiary alicyclic amines) is 1. The first kappa shape index (κ1) is 29.3. The second-order valence-electron chi connectivity index (χ2n) is 11.5. The standard InChI is InChI=1S/C31H44N2O6/c1-8-16-32(22-17-19(5)12-13-21(22)7)28(36)26-31-15-14-30(10-3,39-31)25(29(37)38-11-4)24(31)27(35)33(26)23(18-34)20(6)9-2/h8,12-13,17,20,23-26,34H,1,9-11,14-16,18H2,2-7H3/t20-,23-,24-,25-,26?,30+,31?/m0/s1. The van der Waals surface area contributed by atoms with E-state index in [9.17, 15) is 19.5 Å². The Hall–Kier alpha value is -2.71. The number of fused-ring (bicyclic) bond motifs is 1. The average molecular weight is 541 g/mol. The summed E-state index contributed by atoms with van der Waals surface area (Å²) in [6.07, 6.45) is 3.96. The van der Waals surface area contributed by atoms with Gasteiger partial charge in [0.1, 0.15) is 17.6 Å². The van der Waals surface area contributed by atoms with Gasteiger partial charge in [0.05, 0.1) is 30.8 Å². The van der Waals surface area contributed by atoms with Crippen LogP contribution in [0, 0.1) is 31.6 Å². The largest absolute Gasteiger partial charge is 0.466 e. The Bertz CT molecular complexity index is 1140. The third kappa shape index (κ3) is 4.40. The lowest BCUT2D eigenvalue weighted by molar-refractivity contribution is -0.162. The zero-order valence-corrected chi connectivity index (χ0v) is 24.2. The lowest BCUT2D eigenvalue weighted by Crippen LogP contribution is -2.60. The van der Waals surface area contributed by atoms with Crippen molar-refractivity contribution in [3.63, 3.8) is 0 Å². The summed E-state index contributed by atoms with van der Waals surface area (Å²) in [5.41, 5.74) is 0.638. The van der Waals surface area contributed by atoms with Crippen LogP contribution in [-0.2, 0) is 23.9 Å². The Kier molecular flexibility index (Phi) is 8.29. The Morgan fingerprint density at radius 1 is 1.28 bits per heavy atom. The molecule has 3 aliphatic heterocycles. The van der Waals surface area contributed by atoms with Gasteiger partial charge in [-0.05, 0) is 63.1 Å². The van der Waals surface area contributed by atoms with Gasteiger partial charge in [-0.1, -0.05) is 45.4 Å². The van der Waals surface area contributed by atoms with Crippen molar-refractivity contribution in [1.82, 2.24) is 4.90 Å². The van der Waals surface area contributed by atoms with Gasteiger partial charge >= 0.3 is 5.97 Å². The minimum atomic E-state index is -1.18. The van der Waals surface area contributed by atoms with E-state index in [1.165, 1.54) is 0 Å². The van der Waals surface area contributed by atoms with Crippen LogP contribution < -0.4 is 4.90 Å². The highest BCUT2D eigenvalue weighted by Crippen LogP contribution is 2.65. The van der Waals surface area contributed by atoms with Crippen molar-refractivity contribution >= 4 is 23.5 Å². The van der Waals surface area contributed by atoms with E-state index in [1.807, 2.05) is 52.8 Å². The molecule has 3 saturated heterocycles. The molecule has 0 aliphatic carbocycles. The van der Waals surface area contributed by atoms with Crippen LogP contribution in [0.4, 0.5) is 5.69 Å². The molecular weight excluding hydrogens is 496 g/mol. The molecule has 1 aromatic carbocycles. The number of anilines is 1. The van der Waals surface area contributed by atoms with Crippen LogP contribution in [0.25, 0.3) is 0 Å². The van der Waals surface area contributed by atoms with Gasteiger partial charge in [0.15, 0.2) is 0 Å². The second-order valence-corrected chi connectivity index (χ2v) is 11.5. The molecule has 214 valence electrons. The number of ether oxygens (including phenoxy) is 2. The van der Waals surface area contributed by atoms with E-state index in [-0.39, 0.29) is 37.5 Å². The number of aliphatic hydroxyl groups is 1. The molecule has 4 rings (SSSR count). The predicted octanol–water partition coefficient (Wildman–Crippen LogP) is 3.95. The number of carbonyl (C=O) groups is 3. The summed E-state index contributed by atoms with van der Waals surface area (Å²) >= 11 is 0. The van der Waals surface area contributed by atoms with Crippen LogP contribution in [0.2, 0.25) is 0 Å². The van der Waals surface area contributed by atoms with Crippen molar-refractivity contribution in [3.8, 4) is 0 Å². The summed E-state index contributed by atoms with van der Waals surface area (Å²) < 4.78 is 12.3. The maximum Gasteiger partial charge on any atom is 0.312 e. The number of aryl methyl sites for hydroxylation is 2. The van der Waals surface area contributed by atoms with Gasteiger partial charge in [0.25, 0.3) is 5.91 Å². The lowest BCUT2D eigenvalue weighted by Gasteiger charge is -2.41. The minimum Gasteiger partial charge on any atom is -0.466 e. The van der Waals surface area contributed by atoms with Gasteiger partial charge in [0.2, 0.25) is 5.91 Å². The fourth-order valence-corrected chi connectivity index (χ4v) is 7.29. The number of nitrogens with zero attached hydrogens (tertiary/aromatic N) is 2. The highest BCUT2D eigenvalue weighted by molar-refractivity contribution is 6.05. The Morgan fingerprint density at radius 2 is 2.00 bits per heavy atom. The SMILES string of the molecule is C=CCN(C(=O)C1N([C@@H](CO)[C@@H](C)CC)C(=O)[C@@H]2[C@@H](C(=O)OCC)[C@@]3(CC)CCC12O3)c1cc(C)ccc1C. The first-order valence-electron chi connectivity index (χ1n) is 14.4. The van der Waals surface area contributed by atoms with Crippen molar-refractivity contribution in [1.29, 1.82) is 0 Å². The number of aliphatic hydroxyl groups excluding tert-OH is 1. The molecule has 3 fully saturated rings. The third-order valence-electron chi connectivity index (χ3n) is 9.47. The monoisotopic (exact) mass is 540 g/mol. The molecule has 7 atom stereocenters. The lowest BCUT2D eigenvalue weighted by atomic mass is 9.65.